The molecule has 0 aliphatic carbocycles. The Bertz CT molecular complexity index is 919. The number of hydrogen-bond acceptors (Lipinski definition) is 6. The largest absolute Gasteiger partial charge is 0.438 e. The van der Waals surface area contributed by atoms with E-state index in [2.05, 4.69) is 15.2 Å². The zero-order valence-corrected chi connectivity index (χ0v) is 19.6. The molecule has 1 aromatic carbocycles. The number of likely N-dealkylation sites (N-methyl/N-ethyl adjacent to an activating group) is 1. The summed E-state index contributed by atoms with van der Waals surface area (Å²) in [6.07, 6.45) is 5.82. The van der Waals surface area contributed by atoms with Crippen LogP contribution in [0.3, 0.4) is 0 Å². The number of hydrogen-bond donors (Lipinski definition) is 1. The Hall–Kier alpha value is -3.00. The Kier molecular flexibility index (Phi) is 9.18. The van der Waals surface area contributed by atoms with Crippen molar-refractivity contribution in [2.45, 2.75) is 51.5 Å². The van der Waals surface area contributed by atoms with Gasteiger partial charge in [-0.05, 0) is 19.9 Å². The monoisotopic (exact) mass is 454 g/mol. The summed E-state index contributed by atoms with van der Waals surface area (Å²) >= 11 is 0. The number of oxazole rings is 1. The molecular weight excluding hydrogens is 420 g/mol. The highest BCUT2D eigenvalue weighted by Crippen LogP contribution is 2.26. The van der Waals surface area contributed by atoms with Crippen molar-refractivity contribution in [1.29, 1.82) is 0 Å². The van der Waals surface area contributed by atoms with Gasteiger partial charge in [0.15, 0.2) is 5.76 Å². The van der Waals surface area contributed by atoms with Crippen LogP contribution in [0.25, 0.3) is 11.3 Å². The first-order chi connectivity index (χ1) is 16.0. The fourth-order valence-electron chi connectivity index (χ4n) is 3.84. The van der Waals surface area contributed by atoms with Crippen molar-refractivity contribution in [2.24, 2.45) is 0 Å². The second-order valence-electron chi connectivity index (χ2n) is 8.54. The van der Waals surface area contributed by atoms with Gasteiger partial charge in [0.25, 0.3) is 0 Å². The third kappa shape index (κ3) is 7.25. The van der Waals surface area contributed by atoms with Gasteiger partial charge < -0.3 is 19.5 Å². The van der Waals surface area contributed by atoms with E-state index in [1.54, 1.807) is 11.1 Å². The van der Waals surface area contributed by atoms with Crippen LogP contribution in [0.4, 0.5) is 0 Å². The number of piperazine rings is 1. The molecule has 1 N–H and O–H groups in total. The van der Waals surface area contributed by atoms with Gasteiger partial charge in [-0.15, -0.1) is 0 Å². The molecule has 0 bridgehead atoms. The molecule has 0 saturated carbocycles. The molecule has 2 amide bonds. The minimum Gasteiger partial charge on any atom is -0.438 e. The molecule has 2 aromatic rings. The summed E-state index contributed by atoms with van der Waals surface area (Å²) in [4.78, 5) is 45.1. The topological polar surface area (TPSA) is 95.8 Å². The quantitative estimate of drug-likeness (QED) is 0.438. The Morgan fingerprint density at radius 3 is 2.48 bits per heavy atom. The average Bonchev–Trinajstić information content (AvgIpc) is 3.33. The molecule has 0 unspecified atom stereocenters. The molecule has 3 rings (SSSR count). The van der Waals surface area contributed by atoms with Gasteiger partial charge in [-0.2, -0.15) is 0 Å². The molecule has 8 nitrogen and oxygen atoms in total. The van der Waals surface area contributed by atoms with Crippen LogP contribution < -0.4 is 5.32 Å². The highest BCUT2D eigenvalue weighted by atomic mass is 16.4. The molecule has 0 spiro atoms. The van der Waals surface area contributed by atoms with Crippen molar-refractivity contribution in [1.82, 2.24) is 20.1 Å². The molecule has 1 saturated heterocycles. The Labute approximate surface area is 195 Å². The molecule has 2 heterocycles. The number of rotatable bonds is 10. The van der Waals surface area contributed by atoms with Gasteiger partial charge in [-0.1, -0.05) is 50.1 Å². The van der Waals surface area contributed by atoms with E-state index in [9.17, 15) is 14.4 Å². The normalized spacial score (nSPS) is 15.3. The number of benzene rings is 1. The van der Waals surface area contributed by atoms with Crippen LogP contribution in [-0.4, -0.2) is 65.6 Å². The maximum absolute atomic E-state index is 12.8. The standard InChI is InChI=1S/C25H34N4O4/c1-3-20(30)12-8-5-9-13-21(24-26-18-22(33-24)19-10-6-4-7-11-19)27-23(31)25(32)29-16-14-28(2)15-17-29/h4,6-7,10-11,18,21H,3,5,8-9,12-17H2,1-2H3,(H,27,31)/t21-/m0/s1. The summed E-state index contributed by atoms with van der Waals surface area (Å²) in [5.41, 5.74) is 0.896. The van der Waals surface area contributed by atoms with Crippen LogP contribution in [-0.2, 0) is 14.4 Å². The summed E-state index contributed by atoms with van der Waals surface area (Å²) in [5.74, 6) is 0.112. The van der Waals surface area contributed by atoms with Crippen LogP contribution in [0.15, 0.2) is 40.9 Å². The van der Waals surface area contributed by atoms with E-state index in [0.29, 0.717) is 44.0 Å². The number of carbonyl (C=O) groups excluding carboxylic acids is 3. The van der Waals surface area contributed by atoms with Crippen molar-refractivity contribution in [3.8, 4) is 11.3 Å². The van der Waals surface area contributed by atoms with Gasteiger partial charge in [0, 0.05) is 44.6 Å². The van der Waals surface area contributed by atoms with Crippen molar-refractivity contribution in [2.75, 3.05) is 33.2 Å². The van der Waals surface area contributed by atoms with E-state index in [4.69, 9.17) is 4.42 Å². The number of aromatic nitrogens is 1. The minimum absolute atomic E-state index is 0.262. The van der Waals surface area contributed by atoms with Crippen molar-refractivity contribution in [3.63, 3.8) is 0 Å². The lowest BCUT2D eigenvalue weighted by Crippen LogP contribution is -2.52. The van der Waals surface area contributed by atoms with E-state index in [-0.39, 0.29) is 5.78 Å². The number of ketones is 1. The van der Waals surface area contributed by atoms with Crippen LogP contribution >= 0.6 is 0 Å². The van der Waals surface area contributed by atoms with Crippen molar-refractivity contribution in [3.05, 3.63) is 42.4 Å². The van der Waals surface area contributed by atoms with E-state index in [1.807, 2.05) is 44.3 Å². The summed E-state index contributed by atoms with van der Waals surface area (Å²) in [5, 5.41) is 2.85. The third-order valence-electron chi connectivity index (χ3n) is 6.01. The van der Waals surface area contributed by atoms with Crippen molar-refractivity contribution < 1.29 is 18.8 Å². The molecule has 1 atom stereocenters. The molecule has 178 valence electrons. The van der Waals surface area contributed by atoms with Crippen LogP contribution in [0, 0.1) is 0 Å². The number of nitrogens with zero attached hydrogens (tertiary/aromatic N) is 3. The fraction of sp³-hybridized carbons (Fsp3) is 0.520. The summed E-state index contributed by atoms with van der Waals surface area (Å²) in [6, 6.07) is 9.12. The van der Waals surface area contributed by atoms with Gasteiger partial charge in [-0.3, -0.25) is 14.4 Å². The smallest absolute Gasteiger partial charge is 0.311 e. The molecule has 33 heavy (non-hydrogen) atoms. The maximum atomic E-state index is 12.8. The SMILES string of the molecule is CCC(=O)CCCCC[C@H](NC(=O)C(=O)N1CCN(C)CC1)c1ncc(-c2ccccc2)o1. The summed E-state index contributed by atoms with van der Waals surface area (Å²) < 4.78 is 5.97. The lowest BCUT2D eigenvalue weighted by atomic mass is 10.0. The van der Waals surface area contributed by atoms with Gasteiger partial charge >= 0.3 is 11.8 Å². The number of carbonyl (C=O) groups is 3. The van der Waals surface area contributed by atoms with Gasteiger partial charge in [0.1, 0.15) is 11.8 Å². The lowest BCUT2D eigenvalue weighted by Gasteiger charge is -2.32. The Morgan fingerprint density at radius 1 is 1.06 bits per heavy atom. The average molecular weight is 455 g/mol. The van der Waals surface area contributed by atoms with Crippen LogP contribution in [0.5, 0.6) is 0 Å². The van der Waals surface area contributed by atoms with E-state index < -0.39 is 17.9 Å². The lowest BCUT2D eigenvalue weighted by molar-refractivity contribution is -0.147. The maximum Gasteiger partial charge on any atom is 0.311 e. The van der Waals surface area contributed by atoms with Gasteiger partial charge in [0.2, 0.25) is 5.89 Å². The Balaban J connectivity index is 1.65. The molecular formula is C25H34N4O4. The molecule has 8 heteroatoms. The molecule has 0 radical (unpaired) electrons. The van der Waals surface area contributed by atoms with Crippen LogP contribution in [0.2, 0.25) is 0 Å². The highest BCUT2D eigenvalue weighted by molar-refractivity contribution is 6.35. The summed E-state index contributed by atoms with van der Waals surface area (Å²) in [7, 11) is 2.00. The number of unbranched alkanes of at least 4 members (excludes halogenated alkanes) is 2. The number of Topliss-reactive ketones (excluding diaryl/α,β-unsaturated/α-hetero) is 1. The molecule has 1 aliphatic rings. The number of amides is 2. The fourth-order valence-corrected chi connectivity index (χ4v) is 3.84. The second kappa shape index (κ2) is 12.3. The number of nitrogens with one attached hydrogen (secondary N) is 1. The predicted molar refractivity (Wildman–Crippen MR) is 125 cm³/mol. The molecule has 1 fully saturated rings. The second-order valence-corrected chi connectivity index (χ2v) is 8.54. The van der Waals surface area contributed by atoms with Crippen molar-refractivity contribution >= 4 is 17.6 Å². The van der Waals surface area contributed by atoms with E-state index in [0.717, 1.165) is 37.9 Å². The third-order valence-corrected chi connectivity index (χ3v) is 6.01. The van der Waals surface area contributed by atoms with Gasteiger partial charge in [0.05, 0.1) is 6.20 Å². The first kappa shape index (κ1) is 24.6. The van der Waals surface area contributed by atoms with Gasteiger partial charge in [-0.25, -0.2) is 4.98 Å². The summed E-state index contributed by atoms with van der Waals surface area (Å²) in [6.45, 7) is 4.45. The molecule has 1 aromatic heterocycles. The van der Waals surface area contributed by atoms with E-state index in [1.165, 1.54) is 0 Å². The Morgan fingerprint density at radius 2 is 1.79 bits per heavy atom. The first-order valence-corrected chi connectivity index (χ1v) is 11.8. The zero-order chi connectivity index (χ0) is 23.6. The highest BCUT2D eigenvalue weighted by Gasteiger charge is 2.28. The minimum atomic E-state index is -0.634. The van der Waals surface area contributed by atoms with E-state index >= 15 is 0 Å². The predicted octanol–water partition coefficient (Wildman–Crippen LogP) is 3.20. The first-order valence-electron chi connectivity index (χ1n) is 11.8. The van der Waals surface area contributed by atoms with Crippen LogP contribution in [0.1, 0.15) is 57.4 Å². The molecule has 1 aliphatic heterocycles. The zero-order valence-electron chi connectivity index (χ0n) is 19.6.